The monoisotopic (exact) mass is 996 g/mol. The Labute approximate surface area is 423 Å². The van der Waals surface area contributed by atoms with Gasteiger partial charge < -0.3 is 50.1 Å². The Morgan fingerprint density at radius 1 is 0.649 bits per heavy atom. The quantitative estimate of drug-likeness (QED) is 0.110. The molecule has 6 aliphatic rings. The zero-order valence-corrected chi connectivity index (χ0v) is 41.3. The molecule has 20 heteroatoms. The summed E-state index contributed by atoms with van der Waals surface area (Å²) in [5.74, 6) is 13.4. The number of benzene rings is 2. The normalized spacial score (nSPS) is 19.9. The van der Waals surface area contributed by atoms with E-state index in [0.717, 1.165) is 47.9 Å². The molecule has 6 aromatic heterocycles. The third-order valence-corrected chi connectivity index (χ3v) is 14.7. The fourth-order valence-corrected chi connectivity index (χ4v) is 10.7. The van der Waals surface area contributed by atoms with Gasteiger partial charge in [0, 0.05) is 73.0 Å². The smallest absolute Gasteiger partial charge is 0.269 e. The molecule has 4 bridgehead atoms. The van der Waals surface area contributed by atoms with Crippen molar-refractivity contribution in [2.75, 3.05) is 0 Å². The molecule has 10 heterocycles. The van der Waals surface area contributed by atoms with Crippen LogP contribution in [0.15, 0.2) is 82.1 Å². The van der Waals surface area contributed by atoms with Crippen LogP contribution in [-0.2, 0) is 25.3 Å². The average molecular weight is 997 g/mol. The van der Waals surface area contributed by atoms with Crippen molar-refractivity contribution in [3.8, 4) is 46.5 Å². The van der Waals surface area contributed by atoms with Gasteiger partial charge in [0.05, 0.1) is 22.8 Å². The fourth-order valence-electron chi connectivity index (χ4n) is 10.7. The molecule has 2 aliphatic carbocycles. The molecule has 2 saturated carbocycles. The van der Waals surface area contributed by atoms with Crippen LogP contribution in [0.2, 0.25) is 0 Å². The van der Waals surface area contributed by atoms with E-state index in [1.54, 1.807) is 87.8 Å². The molecule has 0 unspecified atom stereocenters. The Balaban J connectivity index is 0.000000159. The maximum absolute atomic E-state index is 12.5. The van der Waals surface area contributed by atoms with Gasteiger partial charge in [-0.1, -0.05) is 46.1 Å². The first-order valence-electron chi connectivity index (χ1n) is 24.1. The van der Waals surface area contributed by atoms with E-state index in [9.17, 15) is 30.0 Å². The van der Waals surface area contributed by atoms with E-state index >= 15 is 0 Å². The van der Waals surface area contributed by atoms with Crippen molar-refractivity contribution >= 4 is 11.8 Å². The van der Waals surface area contributed by atoms with Crippen molar-refractivity contribution in [3.05, 3.63) is 152 Å². The number of aliphatic hydroxyl groups is 4. The lowest BCUT2D eigenvalue weighted by Crippen LogP contribution is -2.27. The number of imidazole rings is 2. The summed E-state index contributed by atoms with van der Waals surface area (Å²) in [6, 6.07) is 18.6. The zero-order chi connectivity index (χ0) is 52.1. The number of amides is 2. The van der Waals surface area contributed by atoms with Gasteiger partial charge in [0.25, 0.3) is 11.8 Å². The molecule has 8 aromatic rings. The molecule has 2 amide bonds. The highest BCUT2D eigenvalue weighted by atomic mass is 16.5. The minimum atomic E-state index is -1.50. The predicted octanol–water partition coefficient (Wildman–Crippen LogP) is 4.90. The second-order valence-corrected chi connectivity index (χ2v) is 19.9. The topological polar surface area (TPSA) is 290 Å². The molecule has 4 atom stereocenters. The molecule has 4 aliphatic heterocycles. The second-order valence-electron chi connectivity index (χ2n) is 19.9. The van der Waals surface area contributed by atoms with E-state index in [1.165, 1.54) is 0 Å². The van der Waals surface area contributed by atoms with Crippen LogP contribution in [0.5, 0.6) is 0 Å². The summed E-state index contributed by atoms with van der Waals surface area (Å²) in [6.45, 7) is 6.63. The van der Waals surface area contributed by atoms with Gasteiger partial charge in [-0.3, -0.25) is 19.0 Å². The molecule has 14 rings (SSSR count). The van der Waals surface area contributed by atoms with Crippen LogP contribution in [0.3, 0.4) is 0 Å². The number of hydrogen-bond acceptors (Lipinski definition) is 14. The standard InChI is InChI=1S/2C27H26N6O4/c2*1-14-10-21(31-37-14)27(2,36)8-6-15-4-5-18-16-12-17(13-16)33-23(24(34)20-7-9-29-32(20)3)22(25(28)35)30-26(33)19(18)11-15/h2*4-5,7,9-11,16-17,24,34,36H,12-13H2,1-3H3,(H2,28,35)/t16?,17?,24-,27+;16?,17?,24-,27-/m01/s1. The summed E-state index contributed by atoms with van der Waals surface area (Å²) < 4.78 is 17.2. The van der Waals surface area contributed by atoms with Crippen LogP contribution in [0, 0.1) is 37.5 Å². The van der Waals surface area contributed by atoms with E-state index in [4.69, 9.17) is 20.5 Å². The number of rotatable bonds is 8. The number of nitrogens with two attached hydrogens (primary N) is 2. The van der Waals surface area contributed by atoms with Crippen molar-refractivity contribution in [1.29, 1.82) is 0 Å². The van der Waals surface area contributed by atoms with E-state index in [2.05, 4.69) is 54.2 Å². The van der Waals surface area contributed by atoms with Gasteiger partial charge in [-0.15, -0.1) is 0 Å². The lowest BCUT2D eigenvalue weighted by molar-refractivity contribution is 0.0980. The van der Waals surface area contributed by atoms with Gasteiger partial charge in [0.15, 0.2) is 22.6 Å². The lowest BCUT2D eigenvalue weighted by atomic mass is 9.75. The molecule has 2 fully saturated rings. The van der Waals surface area contributed by atoms with Gasteiger partial charge in [-0.05, 0) is 113 Å². The first-order chi connectivity index (χ1) is 35.3. The number of hydrogen-bond donors (Lipinski definition) is 6. The molecular weight excluding hydrogens is 945 g/mol. The average Bonchev–Trinajstić information content (AvgIpc) is 4.21. The third kappa shape index (κ3) is 8.08. The van der Waals surface area contributed by atoms with E-state index in [0.29, 0.717) is 80.3 Å². The Kier molecular flexibility index (Phi) is 11.4. The molecule has 8 N–H and O–H groups in total. The van der Waals surface area contributed by atoms with Gasteiger partial charge in [-0.2, -0.15) is 10.2 Å². The van der Waals surface area contributed by atoms with Gasteiger partial charge in [-0.25, -0.2) is 9.97 Å². The van der Waals surface area contributed by atoms with Crippen molar-refractivity contribution in [2.45, 2.75) is 101 Å². The molecule has 0 saturated heterocycles. The van der Waals surface area contributed by atoms with Crippen molar-refractivity contribution in [2.24, 2.45) is 25.6 Å². The SMILES string of the molecule is Cc1cc([C@](C)(O)C#Cc2ccc3c(c2)-c2nc(C(N)=O)c([C@@H](O)c4ccnn4C)n2C2CC3C2)no1.Cc1cc([C@](C)(O)C#Cc2ccc3c(c2)-c2nc(C(N)=O)c([C@H](O)c4ccnn4C)n2C2CC3C2)no1. The minimum absolute atomic E-state index is 0.0424. The highest BCUT2D eigenvalue weighted by Gasteiger charge is 2.45. The Morgan fingerprint density at radius 2 is 1.04 bits per heavy atom. The minimum Gasteiger partial charge on any atom is -0.380 e. The summed E-state index contributed by atoms with van der Waals surface area (Å²) in [5.41, 5.74) is 16.3. The highest BCUT2D eigenvalue weighted by Crippen LogP contribution is 2.55. The number of nitrogens with zero attached hydrogens (tertiary/aromatic N) is 10. The number of primary amides is 2. The number of aliphatic hydroxyl groups excluding tert-OH is 2. The molecule has 74 heavy (non-hydrogen) atoms. The molecule has 0 radical (unpaired) electrons. The summed E-state index contributed by atoms with van der Waals surface area (Å²) in [5, 5.41) is 60.5. The zero-order valence-electron chi connectivity index (χ0n) is 41.3. The first kappa shape index (κ1) is 47.9. The number of carbonyl (C=O) groups excluding carboxylic acids is 2. The van der Waals surface area contributed by atoms with E-state index < -0.39 is 35.2 Å². The largest absolute Gasteiger partial charge is 0.380 e. The highest BCUT2D eigenvalue weighted by molar-refractivity contribution is 5.94. The van der Waals surface area contributed by atoms with Crippen LogP contribution in [-0.4, -0.2) is 81.2 Å². The van der Waals surface area contributed by atoms with Crippen molar-refractivity contribution in [1.82, 2.24) is 49.0 Å². The third-order valence-electron chi connectivity index (χ3n) is 14.7. The molecule has 20 nitrogen and oxygen atoms in total. The van der Waals surface area contributed by atoms with Gasteiger partial charge in [0.2, 0.25) is 0 Å². The van der Waals surface area contributed by atoms with E-state index in [1.807, 2.05) is 45.5 Å². The maximum Gasteiger partial charge on any atom is 0.269 e. The molecule has 0 spiro atoms. The molecule has 376 valence electrons. The Bertz CT molecular complexity index is 3460. The lowest BCUT2D eigenvalue weighted by Gasteiger charge is -2.36. The van der Waals surface area contributed by atoms with Crippen LogP contribution >= 0.6 is 0 Å². The summed E-state index contributed by atoms with van der Waals surface area (Å²) in [4.78, 5) is 34.3. The van der Waals surface area contributed by atoms with Crippen molar-refractivity contribution in [3.63, 3.8) is 0 Å². The van der Waals surface area contributed by atoms with Crippen LogP contribution < -0.4 is 11.5 Å². The predicted molar refractivity (Wildman–Crippen MR) is 264 cm³/mol. The van der Waals surface area contributed by atoms with E-state index in [-0.39, 0.29) is 23.5 Å². The summed E-state index contributed by atoms with van der Waals surface area (Å²) in [6.07, 6.45) is 4.40. The van der Waals surface area contributed by atoms with Crippen LogP contribution in [0.4, 0.5) is 0 Å². The number of carbonyl (C=O) groups is 2. The molecule has 2 aromatic carbocycles. The van der Waals surface area contributed by atoms with Gasteiger partial charge >= 0.3 is 0 Å². The summed E-state index contributed by atoms with van der Waals surface area (Å²) >= 11 is 0. The maximum atomic E-state index is 12.5. The second kappa shape index (κ2) is 17.7. The van der Waals surface area contributed by atoms with Crippen LogP contribution in [0.25, 0.3) is 22.8 Å². The number of aryl methyl sites for hydroxylation is 4. The Hall–Kier alpha value is -8.40. The summed E-state index contributed by atoms with van der Waals surface area (Å²) in [7, 11) is 3.47. The Morgan fingerprint density at radius 3 is 1.36 bits per heavy atom. The molecular formula is C54H52N12O8. The fraction of sp³-hybridized carbons (Fsp3) is 0.333. The van der Waals surface area contributed by atoms with Crippen LogP contribution in [0.1, 0.15) is 165 Å². The number of aromatic nitrogens is 10. The van der Waals surface area contributed by atoms with Gasteiger partial charge in [0.1, 0.15) is 46.8 Å². The van der Waals surface area contributed by atoms with Crippen molar-refractivity contribution < 1.29 is 39.1 Å². The first-order valence-corrected chi connectivity index (χ1v) is 24.1.